The molecule has 0 bridgehead atoms. The van der Waals surface area contributed by atoms with Crippen molar-refractivity contribution in [3.8, 4) is 0 Å². The zero-order chi connectivity index (χ0) is 10.6. The molecule has 1 unspecified atom stereocenters. The first-order valence-electron chi connectivity index (χ1n) is 5.22. The summed E-state index contributed by atoms with van der Waals surface area (Å²) in [6, 6.07) is 8.73. The summed E-state index contributed by atoms with van der Waals surface area (Å²) in [5.41, 5.74) is 3.74. The predicted octanol–water partition coefficient (Wildman–Crippen LogP) is 3.64. The minimum absolute atomic E-state index is 0.655. The minimum atomic E-state index is 0.655. The predicted molar refractivity (Wildman–Crippen MR) is 63.3 cm³/mol. The van der Waals surface area contributed by atoms with Crippen LogP contribution in [-0.4, -0.2) is 12.8 Å². The van der Waals surface area contributed by atoms with Crippen molar-refractivity contribution in [2.45, 2.75) is 33.1 Å². The molecule has 1 nitrogen and oxygen atoms in total. The van der Waals surface area contributed by atoms with Crippen LogP contribution in [-0.2, 0) is 0 Å². The molecule has 0 saturated carbocycles. The van der Waals surface area contributed by atoms with Crippen molar-refractivity contribution in [2.75, 3.05) is 7.05 Å². The van der Waals surface area contributed by atoms with Crippen LogP contribution in [0.3, 0.4) is 0 Å². The van der Waals surface area contributed by atoms with Gasteiger partial charge in [-0.25, -0.2) is 0 Å². The number of aliphatic imine (C=N–C) groups is 1. The summed E-state index contributed by atoms with van der Waals surface area (Å²) in [5, 5.41) is 0. The number of hydrogen-bond donors (Lipinski definition) is 0. The molecule has 0 aromatic heterocycles. The summed E-state index contributed by atoms with van der Waals surface area (Å²) < 4.78 is 0. The van der Waals surface area contributed by atoms with Crippen LogP contribution in [0.15, 0.2) is 29.3 Å². The van der Waals surface area contributed by atoms with E-state index in [2.05, 4.69) is 43.1 Å². The fourth-order valence-electron chi connectivity index (χ4n) is 1.42. The highest BCUT2D eigenvalue weighted by atomic mass is 14.7. The van der Waals surface area contributed by atoms with Crippen LogP contribution >= 0.6 is 0 Å². The van der Waals surface area contributed by atoms with Crippen LogP contribution in [0, 0.1) is 0 Å². The summed E-state index contributed by atoms with van der Waals surface area (Å²) in [6.07, 6.45) is 1.19. The molecule has 0 spiro atoms. The second kappa shape index (κ2) is 4.94. The minimum Gasteiger partial charge on any atom is -0.293 e. The van der Waals surface area contributed by atoms with E-state index in [-0.39, 0.29) is 0 Å². The Hall–Kier alpha value is -1.11. The maximum Gasteiger partial charge on any atom is 0.0386 e. The summed E-state index contributed by atoms with van der Waals surface area (Å²) in [6.45, 7) is 6.52. The maximum absolute atomic E-state index is 4.17. The summed E-state index contributed by atoms with van der Waals surface area (Å²) in [7, 11) is 1.83. The van der Waals surface area contributed by atoms with Gasteiger partial charge in [0.2, 0.25) is 0 Å². The standard InChI is InChI=1S/C13H19N/c1-5-10(2)12-6-8-13(9-7-12)11(3)14-4/h6-10H,5H2,1-4H3/b14-11+. The lowest BCUT2D eigenvalue weighted by molar-refractivity contribution is 0.733. The number of hydrogen-bond acceptors (Lipinski definition) is 1. The average molecular weight is 189 g/mol. The van der Waals surface area contributed by atoms with Gasteiger partial charge in [0.1, 0.15) is 0 Å². The van der Waals surface area contributed by atoms with Crippen LogP contribution in [0.2, 0.25) is 0 Å². The van der Waals surface area contributed by atoms with Crippen molar-refractivity contribution in [1.29, 1.82) is 0 Å². The molecule has 1 aromatic rings. The first kappa shape index (κ1) is 11.0. The Morgan fingerprint density at radius 1 is 1.29 bits per heavy atom. The van der Waals surface area contributed by atoms with E-state index < -0.39 is 0 Å². The zero-order valence-electron chi connectivity index (χ0n) is 9.54. The average Bonchev–Trinajstić information content (AvgIpc) is 2.27. The molecule has 1 rings (SSSR count). The third-order valence-corrected chi connectivity index (χ3v) is 2.85. The van der Waals surface area contributed by atoms with Gasteiger partial charge in [-0.3, -0.25) is 4.99 Å². The monoisotopic (exact) mass is 189 g/mol. The largest absolute Gasteiger partial charge is 0.293 e. The van der Waals surface area contributed by atoms with E-state index in [1.165, 1.54) is 17.5 Å². The Bertz CT molecular complexity index is 309. The van der Waals surface area contributed by atoms with E-state index in [1.807, 2.05) is 14.0 Å². The van der Waals surface area contributed by atoms with Crippen molar-refractivity contribution in [3.63, 3.8) is 0 Å². The van der Waals surface area contributed by atoms with E-state index >= 15 is 0 Å². The Labute approximate surface area is 86.9 Å². The highest BCUT2D eigenvalue weighted by Gasteiger charge is 2.02. The van der Waals surface area contributed by atoms with Crippen molar-refractivity contribution >= 4 is 5.71 Å². The summed E-state index contributed by atoms with van der Waals surface area (Å²) in [5.74, 6) is 0.655. The SMILES string of the molecule is CCC(C)c1ccc(/C(C)=N/C)cc1. The highest BCUT2D eigenvalue weighted by molar-refractivity contribution is 5.98. The molecule has 1 heteroatoms. The molecule has 1 aromatic carbocycles. The number of rotatable bonds is 3. The van der Waals surface area contributed by atoms with Gasteiger partial charge in [-0.2, -0.15) is 0 Å². The second-order valence-electron chi connectivity index (χ2n) is 3.74. The Kier molecular flexibility index (Phi) is 3.87. The van der Waals surface area contributed by atoms with Gasteiger partial charge >= 0.3 is 0 Å². The fourth-order valence-corrected chi connectivity index (χ4v) is 1.42. The quantitative estimate of drug-likeness (QED) is 0.644. The van der Waals surface area contributed by atoms with Crippen molar-refractivity contribution in [3.05, 3.63) is 35.4 Å². The summed E-state index contributed by atoms with van der Waals surface area (Å²) >= 11 is 0. The van der Waals surface area contributed by atoms with Gasteiger partial charge in [0.25, 0.3) is 0 Å². The van der Waals surface area contributed by atoms with Crippen molar-refractivity contribution in [1.82, 2.24) is 0 Å². The molecule has 0 amide bonds. The zero-order valence-corrected chi connectivity index (χ0v) is 9.54. The van der Waals surface area contributed by atoms with Gasteiger partial charge in [0.15, 0.2) is 0 Å². The second-order valence-corrected chi connectivity index (χ2v) is 3.74. The maximum atomic E-state index is 4.17. The molecule has 1 atom stereocenters. The lowest BCUT2D eigenvalue weighted by Crippen LogP contribution is -1.96. The normalized spacial score (nSPS) is 14.1. The van der Waals surface area contributed by atoms with E-state index in [0.717, 1.165) is 5.71 Å². The Morgan fingerprint density at radius 3 is 2.29 bits per heavy atom. The molecule has 0 saturated heterocycles. The lowest BCUT2D eigenvalue weighted by Gasteiger charge is -2.09. The highest BCUT2D eigenvalue weighted by Crippen LogP contribution is 2.18. The Morgan fingerprint density at radius 2 is 1.86 bits per heavy atom. The summed E-state index contributed by atoms with van der Waals surface area (Å²) in [4.78, 5) is 4.17. The molecule has 0 aliphatic heterocycles. The van der Waals surface area contributed by atoms with Gasteiger partial charge in [0, 0.05) is 12.8 Å². The van der Waals surface area contributed by atoms with E-state index in [4.69, 9.17) is 0 Å². The molecule has 14 heavy (non-hydrogen) atoms. The van der Waals surface area contributed by atoms with Gasteiger partial charge in [-0.05, 0) is 30.4 Å². The molecule has 76 valence electrons. The van der Waals surface area contributed by atoms with Crippen LogP contribution in [0.4, 0.5) is 0 Å². The Balaban J connectivity index is 2.89. The molecule has 0 heterocycles. The molecule has 0 aliphatic carbocycles. The number of benzene rings is 1. The first-order chi connectivity index (χ1) is 6.69. The van der Waals surface area contributed by atoms with E-state index in [1.54, 1.807) is 0 Å². The van der Waals surface area contributed by atoms with Crippen LogP contribution in [0.5, 0.6) is 0 Å². The third kappa shape index (κ3) is 2.44. The third-order valence-electron chi connectivity index (χ3n) is 2.85. The molecule has 0 radical (unpaired) electrons. The molecular formula is C13H19N. The van der Waals surface area contributed by atoms with Gasteiger partial charge < -0.3 is 0 Å². The van der Waals surface area contributed by atoms with Crippen LogP contribution in [0.25, 0.3) is 0 Å². The van der Waals surface area contributed by atoms with Crippen LogP contribution in [0.1, 0.15) is 44.2 Å². The molecule has 0 fully saturated rings. The van der Waals surface area contributed by atoms with E-state index in [9.17, 15) is 0 Å². The van der Waals surface area contributed by atoms with E-state index in [0.29, 0.717) is 5.92 Å². The van der Waals surface area contributed by atoms with Gasteiger partial charge in [-0.1, -0.05) is 38.1 Å². The van der Waals surface area contributed by atoms with Gasteiger partial charge in [0.05, 0.1) is 0 Å². The molecular weight excluding hydrogens is 170 g/mol. The first-order valence-corrected chi connectivity index (χ1v) is 5.22. The number of nitrogens with zero attached hydrogens (tertiary/aromatic N) is 1. The smallest absolute Gasteiger partial charge is 0.0386 e. The molecule has 0 N–H and O–H groups in total. The van der Waals surface area contributed by atoms with Crippen molar-refractivity contribution in [2.24, 2.45) is 4.99 Å². The fraction of sp³-hybridized carbons (Fsp3) is 0.462. The topological polar surface area (TPSA) is 12.4 Å². The molecule has 0 aliphatic rings. The lowest BCUT2D eigenvalue weighted by atomic mass is 9.97. The van der Waals surface area contributed by atoms with Crippen molar-refractivity contribution < 1.29 is 0 Å². The van der Waals surface area contributed by atoms with Gasteiger partial charge in [-0.15, -0.1) is 0 Å². The van der Waals surface area contributed by atoms with Crippen LogP contribution < -0.4 is 0 Å².